The Morgan fingerprint density at radius 2 is 1.91 bits per heavy atom. The van der Waals surface area contributed by atoms with Crippen molar-refractivity contribution < 1.29 is 0 Å². The molecule has 0 radical (unpaired) electrons. The van der Waals surface area contributed by atoms with E-state index in [1.165, 1.54) is 0 Å². The molecule has 2 rings (SSSR count). The number of nitrogens with zero attached hydrogens (tertiary/aromatic N) is 4. The van der Waals surface area contributed by atoms with Gasteiger partial charge in [-0.25, -0.2) is 20.2 Å². The molecule has 2 aromatic heterocycles. The lowest BCUT2D eigenvalue weighted by Gasteiger charge is -1.80. The third kappa shape index (κ3) is 1.30. The highest BCUT2D eigenvalue weighted by molar-refractivity contribution is 5.63. The van der Waals surface area contributed by atoms with Gasteiger partial charge in [0.2, 0.25) is 0 Å². The van der Waals surface area contributed by atoms with E-state index in [2.05, 4.69) is 26.5 Å². The van der Waals surface area contributed by atoms with E-state index in [1.54, 1.807) is 18.7 Å². The topological polar surface area (TPSA) is 78.2 Å². The Hall–Kier alpha value is -1.96. The molecule has 2 heterocycles. The molecule has 54 valence electrons. The molecule has 0 aliphatic heterocycles. The summed E-state index contributed by atoms with van der Waals surface area (Å²) in [7, 11) is 0. The summed E-state index contributed by atoms with van der Waals surface area (Å²) in [6.07, 6.45) is 4.81. The molecule has 0 aliphatic rings. The van der Waals surface area contributed by atoms with Gasteiger partial charge in [-0.05, 0) is 0 Å². The van der Waals surface area contributed by atoms with Gasteiger partial charge < -0.3 is 4.98 Å². The highest BCUT2D eigenvalue weighted by atomic mass is 15.0. The number of nitriles is 1. The Balaban J connectivity index is 0.000000281. The van der Waals surface area contributed by atoms with Crippen molar-refractivity contribution in [2.45, 2.75) is 0 Å². The van der Waals surface area contributed by atoms with Crippen LogP contribution in [-0.2, 0) is 0 Å². The van der Waals surface area contributed by atoms with Crippen molar-refractivity contribution in [1.29, 1.82) is 5.26 Å². The van der Waals surface area contributed by atoms with Gasteiger partial charge in [-0.15, -0.1) is 0 Å². The average molecular weight is 147 g/mol. The summed E-state index contributed by atoms with van der Waals surface area (Å²) < 4.78 is 0. The lowest BCUT2D eigenvalue weighted by atomic mass is 10.7. The number of hydrogen-bond donors (Lipinski definition) is 1. The second kappa shape index (κ2) is 3.27. The summed E-state index contributed by atoms with van der Waals surface area (Å²) in [5.74, 6) is 0. The van der Waals surface area contributed by atoms with Crippen molar-refractivity contribution >= 4 is 11.3 Å². The largest absolute Gasteiger partial charge is 0.328 e. The second-order valence-electron chi connectivity index (χ2n) is 1.63. The van der Waals surface area contributed by atoms with Crippen LogP contribution in [0.15, 0.2) is 18.7 Å². The maximum atomic E-state index is 6.50. The van der Waals surface area contributed by atoms with Gasteiger partial charge in [0.15, 0.2) is 11.3 Å². The average Bonchev–Trinajstić information content (AvgIpc) is 2.55. The van der Waals surface area contributed by atoms with Crippen LogP contribution < -0.4 is 0 Å². The lowest BCUT2D eigenvalue weighted by Crippen LogP contribution is -1.77. The summed E-state index contributed by atoms with van der Waals surface area (Å²) >= 11 is 0. The minimum Gasteiger partial charge on any atom is -0.328 e. The summed E-state index contributed by atoms with van der Waals surface area (Å²) in [4.78, 5) is 14.6. The van der Waals surface area contributed by atoms with Gasteiger partial charge in [0.25, 0.3) is 0 Å². The van der Waals surface area contributed by atoms with Crippen LogP contribution in [0.2, 0.25) is 0 Å². The fourth-order valence-electron chi connectivity index (χ4n) is 0.682. The van der Waals surface area contributed by atoms with Crippen LogP contribution in [-0.4, -0.2) is 19.9 Å². The molecule has 0 aliphatic carbocycles. The zero-order valence-electron chi connectivity index (χ0n) is 5.60. The van der Waals surface area contributed by atoms with E-state index in [0.29, 0.717) is 5.65 Å². The highest BCUT2D eigenvalue weighted by Crippen LogP contribution is 1.96. The molecule has 0 saturated carbocycles. The fourth-order valence-corrected chi connectivity index (χ4v) is 0.682. The molecule has 0 saturated heterocycles. The van der Waals surface area contributed by atoms with Gasteiger partial charge in [-0.3, -0.25) is 0 Å². The van der Waals surface area contributed by atoms with Gasteiger partial charge in [0.1, 0.15) is 0 Å². The monoisotopic (exact) mass is 147 g/mol. The van der Waals surface area contributed by atoms with Crippen LogP contribution in [0.3, 0.4) is 0 Å². The van der Waals surface area contributed by atoms with Gasteiger partial charge in [-0.1, -0.05) is 0 Å². The first-order valence-corrected chi connectivity index (χ1v) is 2.83. The summed E-state index contributed by atoms with van der Waals surface area (Å²) in [6, 6.07) is 0. The smallest absolute Gasteiger partial charge is 0.197 e. The molecule has 0 atom stereocenters. The molecule has 5 nitrogen and oxygen atoms in total. The number of aromatic nitrogens is 4. The third-order valence-electron chi connectivity index (χ3n) is 1.07. The maximum absolute atomic E-state index is 6.50. The van der Waals surface area contributed by atoms with E-state index >= 15 is 0 Å². The first kappa shape index (κ1) is 7.15. The molecule has 0 bridgehead atoms. The number of nitrogens with one attached hydrogen (secondary N) is 1. The van der Waals surface area contributed by atoms with E-state index < -0.39 is 0 Å². The minimum atomic E-state index is 0.664. The first-order chi connectivity index (χ1) is 5.47. The van der Waals surface area contributed by atoms with E-state index in [0.717, 1.165) is 5.65 Å². The van der Waals surface area contributed by atoms with Crippen molar-refractivity contribution in [2.24, 2.45) is 0 Å². The molecular weight excluding hydrogens is 142 g/mol. The summed E-state index contributed by atoms with van der Waals surface area (Å²) in [6.45, 7) is 3.50. The third-order valence-corrected chi connectivity index (χ3v) is 1.07. The Bertz CT molecular complexity index is 320. The molecule has 2 aromatic rings. The number of H-pyrrole nitrogens is 1. The molecule has 0 aromatic carbocycles. The summed E-state index contributed by atoms with van der Waals surface area (Å²) in [5.41, 5.74) is 1.40. The molecule has 1 N–H and O–H groups in total. The van der Waals surface area contributed by atoms with Crippen molar-refractivity contribution in [3.63, 3.8) is 0 Å². The highest BCUT2D eigenvalue weighted by Gasteiger charge is 1.91. The standard InChI is InChI=1S/C5H4N4.CHN/c1-2-7-5-4(6-1)8-3-9-5;1-2/h1-3H,(H,6,7,8,9);1H. The Morgan fingerprint density at radius 1 is 1.18 bits per heavy atom. The SMILES string of the molecule is C#N.c1cnc2[nH]cnc2n1. The predicted octanol–water partition coefficient (Wildman–Crippen LogP) is 0.493. The maximum Gasteiger partial charge on any atom is 0.197 e. The van der Waals surface area contributed by atoms with Crippen LogP contribution in [0.4, 0.5) is 0 Å². The van der Waals surface area contributed by atoms with Crippen LogP contribution in [0.25, 0.3) is 11.3 Å². The van der Waals surface area contributed by atoms with E-state index in [9.17, 15) is 0 Å². The van der Waals surface area contributed by atoms with Crippen molar-refractivity contribution in [1.82, 2.24) is 19.9 Å². The molecular formula is C6H5N5. The van der Waals surface area contributed by atoms with E-state index in [4.69, 9.17) is 5.26 Å². The quantitative estimate of drug-likeness (QED) is 0.588. The Morgan fingerprint density at radius 3 is 2.64 bits per heavy atom. The fraction of sp³-hybridized carbons (Fsp3) is 0. The molecule has 0 unspecified atom stereocenters. The summed E-state index contributed by atoms with van der Waals surface area (Å²) in [5, 5.41) is 6.50. The molecule has 11 heavy (non-hydrogen) atoms. The Labute approximate surface area is 62.7 Å². The number of aromatic amines is 1. The molecule has 0 fully saturated rings. The molecule has 0 amide bonds. The second-order valence-corrected chi connectivity index (χ2v) is 1.63. The minimum absolute atomic E-state index is 0.664. The van der Waals surface area contributed by atoms with Gasteiger partial charge in [0.05, 0.1) is 6.33 Å². The number of imidazole rings is 1. The van der Waals surface area contributed by atoms with Crippen molar-refractivity contribution in [3.8, 4) is 6.57 Å². The number of hydrogen-bond acceptors (Lipinski definition) is 4. The molecule has 5 heteroatoms. The zero-order chi connectivity index (χ0) is 8.10. The van der Waals surface area contributed by atoms with Crippen LogP contribution in [0.5, 0.6) is 0 Å². The van der Waals surface area contributed by atoms with Crippen LogP contribution >= 0.6 is 0 Å². The molecule has 0 spiro atoms. The van der Waals surface area contributed by atoms with Gasteiger partial charge >= 0.3 is 0 Å². The van der Waals surface area contributed by atoms with Gasteiger partial charge in [-0.2, -0.15) is 0 Å². The van der Waals surface area contributed by atoms with Gasteiger partial charge in [0, 0.05) is 19.0 Å². The normalized spacial score (nSPS) is 8.55. The van der Waals surface area contributed by atoms with Crippen LogP contribution in [0, 0.1) is 11.8 Å². The van der Waals surface area contributed by atoms with Crippen molar-refractivity contribution in [2.75, 3.05) is 0 Å². The Kier molecular flexibility index (Phi) is 2.13. The van der Waals surface area contributed by atoms with Crippen LogP contribution in [0.1, 0.15) is 0 Å². The van der Waals surface area contributed by atoms with E-state index in [-0.39, 0.29) is 0 Å². The zero-order valence-corrected chi connectivity index (χ0v) is 5.60. The number of fused-ring (bicyclic) bond motifs is 1. The van der Waals surface area contributed by atoms with E-state index in [1.807, 2.05) is 0 Å². The van der Waals surface area contributed by atoms with Crippen molar-refractivity contribution in [3.05, 3.63) is 18.7 Å². The predicted molar refractivity (Wildman–Crippen MR) is 38.4 cm³/mol. The first-order valence-electron chi connectivity index (χ1n) is 2.83. The lowest BCUT2D eigenvalue weighted by molar-refractivity contribution is 1.26. The number of rotatable bonds is 0.